The minimum atomic E-state index is -3.63. The normalized spacial score (nSPS) is 22.8. The van der Waals surface area contributed by atoms with E-state index in [2.05, 4.69) is 38.4 Å². The Morgan fingerprint density at radius 2 is 1.76 bits per heavy atom. The van der Waals surface area contributed by atoms with Crippen molar-refractivity contribution in [2.24, 2.45) is 30.7 Å². The molecule has 2 N–H and O–H groups in total. The van der Waals surface area contributed by atoms with Crippen LogP contribution < -0.4 is 10.2 Å². The Morgan fingerprint density at radius 3 is 2.38 bits per heavy atom. The molecule has 3 fully saturated rings. The predicted octanol–water partition coefficient (Wildman–Crippen LogP) is 4.55. The largest absolute Gasteiger partial charge is 0.465 e. The Morgan fingerprint density at radius 1 is 1.04 bits per heavy atom. The zero-order chi connectivity index (χ0) is 31.6. The van der Waals surface area contributed by atoms with Crippen LogP contribution in [0.25, 0.3) is 0 Å². The Balaban J connectivity index is 1.06. The van der Waals surface area contributed by atoms with Gasteiger partial charge in [-0.15, -0.1) is 0 Å². The van der Waals surface area contributed by atoms with Gasteiger partial charge in [0.1, 0.15) is 0 Å². The number of carbonyl (C=O) groups is 1. The lowest BCUT2D eigenvalue weighted by molar-refractivity contribution is 0.0903. The fraction of sp³-hybridized carbons (Fsp3) is 0.500. The van der Waals surface area contributed by atoms with Crippen LogP contribution in [-0.2, 0) is 22.3 Å². The summed E-state index contributed by atoms with van der Waals surface area (Å²) in [5.41, 5.74) is 1.47. The molecule has 1 saturated carbocycles. The Bertz CT molecular complexity index is 1620. The maximum Gasteiger partial charge on any atom is 0.404 e. The monoisotopic (exact) mass is 630 g/mol. The molecule has 0 radical (unpaired) electrons. The maximum atomic E-state index is 12.9. The van der Waals surface area contributed by atoms with Crippen LogP contribution in [0, 0.1) is 35.0 Å². The third kappa shape index (κ3) is 6.18. The van der Waals surface area contributed by atoms with Crippen LogP contribution in [0.15, 0.2) is 76.8 Å². The van der Waals surface area contributed by atoms with E-state index in [9.17, 15) is 23.6 Å². The average molecular weight is 631 g/mol. The zero-order valence-electron chi connectivity index (χ0n) is 25.8. The molecule has 0 bridgehead atoms. The lowest BCUT2D eigenvalue weighted by Crippen LogP contribution is -2.54. The van der Waals surface area contributed by atoms with E-state index in [0.717, 1.165) is 76.1 Å². The molecule has 2 aromatic carbocycles. The van der Waals surface area contributed by atoms with Crippen LogP contribution in [0.1, 0.15) is 37.7 Å². The summed E-state index contributed by atoms with van der Waals surface area (Å²) in [6.45, 7) is 5.16. The van der Waals surface area contributed by atoms with E-state index in [1.165, 1.54) is 10.7 Å². The number of benzene rings is 2. The van der Waals surface area contributed by atoms with Crippen LogP contribution in [0.3, 0.4) is 0 Å². The molecule has 3 aliphatic rings. The highest BCUT2D eigenvalue weighted by atomic mass is 32.2. The molecule has 2 aliphatic heterocycles. The van der Waals surface area contributed by atoms with E-state index in [1.54, 1.807) is 25.4 Å². The number of aromatic nitrogens is 2. The van der Waals surface area contributed by atoms with Crippen molar-refractivity contribution in [3.8, 4) is 6.07 Å². The van der Waals surface area contributed by atoms with Gasteiger partial charge in [0, 0.05) is 51.0 Å². The van der Waals surface area contributed by atoms with Crippen LogP contribution in [0.2, 0.25) is 0 Å². The van der Waals surface area contributed by atoms with Crippen molar-refractivity contribution in [2.75, 3.05) is 44.2 Å². The predicted molar refractivity (Wildman–Crippen MR) is 171 cm³/mol. The van der Waals surface area contributed by atoms with Gasteiger partial charge in [0.25, 0.3) is 0 Å². The van der Waals surface area contributed by atoms with Gasteiger partial charge in [-0.05, 0) is 92.4 Å². The van der Waals surface area contributed by atoms with Crippen molar-refractivity contribution in [1.29, 1.82) is 5.26 Å². The highest BCUT2D eigenvalue weighted by Gasteiger charge is 2.52. The Hall–Kier alpha value is -3.88. The van der Waals surface area contributed by atoms with Gasteiger partial charge < -0.3 is 20.2 Å². The topological polar surface area (TPSA) is 132 Å². The first-order valence-corrected chi connectivity index (χ1v) is 17.4. The molecule has 11 heteroatoms. The van der Waals surface area contributed by atoms with Crippen molar-refractivity contribution in [3.63, 3.8) is 0 Å². The summed E-state index contributed by atoms with van der Waals surface area (Å²) in [6, 6.07) is 21.7. The van der Waals surface area contributed by atoms with Gasteiger partial charge in [-0.25, -0.2) is 13.2 Å². The van der Waals surface area contributed by atoms with E-state index in [-0.39, 0.29) is 27.7 Å². The van der Waals surface area contributed by atoms with Crippen molar-refractivity contribution in [1.82, 2.24) is 20.0 Å². The number of carboxylic acid groups (broad SMARTS) is 1. The Kier molecular flexibility index (Phi) is 8.89. The van der Waals surface area contributed by atoms with Crippen molar-refractivity contribution in [2.45, 2.75) is 47.4 Å². The van der Waals surface area contributed by atoms with Gasteiger partial charge in [-0.2, -0.15) is 10.4 Å². The van der Waals surface area contributed by atoms with E-state index >= 15 is 0 Å². The van der Waals surface area contributed by atoms with Gasteiger partial charge in [0.15, 0.2) is 5.03 Å². The molecular formula is C34H42N6O4S. The lowest BCUT2D eigenvalue weighted by Gasteiger charge is -2.48. The maximum absolute atomic E-state index is 12.9. The molecule has 1 amide bonds. The summed E-state index contributed by atoms with van der Waals surface area (Å²) in [5.74, 6) is 1.04. The molecular weight excluding hydrogens is 588 g/mol. The third-order valence-electron chi connectivity index (χ3n) is 10.4. The number of likely N-dealkylation sites (tertiary alicyclic amines) is 1. The molecule has 238 valence electrons. The summed E-state index contributed by atoms with van der Waals surface area (Å²) < 4.78 is 27.2. The molecule has 1 aliphatic carbocycles. The van der Waals surface area contributed by atoms with E-state index in [4.69, 9.17) is 0 Å². The number of rotatable bonds is 10. The summed E-state index contributed by atoms with van der Waals surface area (Å²) in [5, 5.41) is 26.9. The Labute approximate surface area is 265 Å². The molecule has 3 atom stereocenters. The van der Waals surface area contributed by atoms with Crippen LogP contribution in [-0.4, -0.2) is 73.6 Å². The van der Waals surface area contributed by atoms with Gasteiger partial charge in [-0.3, -0.25) is 4.68 Å². The van der Waals surface area contributed by atoms with E-state index in [0.29, 0.717) is 12.5 Å². The molecule has 1 aromatic heterocycles. The lowest BCUT2D eigenvalue weighted by atomic mass is 9.58. The first-order chi connectivity index (χ1) is 21.7. The van der Waals surface area contributed by atoms with Crippen LogP contribution in [0.5, 0.6) is 0 Å². The second-order valence-electron chi connectivity index (χ2n) is 13.0. The fourth-order valence-electron chi connectivity index (χ4n) is 8.13. The molecule has 1 unspecified atom stereocenters. The second-order valence-corrected chi connectivity index (χ2v) is 14.9. The number of piperidine rings is 1. The number of amides is 1. The van der Waals surface area contributed by atoms with Gasteiger partial charge in [0.2, 0.25) is 9.84 Å². The van der Waals surface area contributed by atoms with E-state index < -0.39 is 21.3 Å². The van der Waals surface area contributed by atoms with Gasteiger partial charge >= 0.3 is 6.09 Å². The van der Waals surface area contributed by atoms with Crippen LogP contribution in [0.4, 0.5) is 10.5 Å². The highest BCUT2D eigenvalue weighted by Crippen LogP contribution is 2.52. The first kappa shape index (κ1) is 31.1. The molecule has 0 spiro atoms. The standard InChI is InChI=1S/C34H42N6O4S/c1-38-17-16-32(37-38)45(43,44)30-12-10-29(11-13-30)40-22-25(23-40)21-39-18-14-28(15-19-39)34(24-35,27-7-3-2-4-8-27)31-9-5-6-26(31)20-36-33(41)42/h2-4,7-8,10-13,16-17,25-26,28,31,36H,5-6,9,14-15,18-23H2,1H3,(H,41,42)/t26-,31-,34?/m1/s1. The third-order valence-corrected chi connectivity index (χ3v) is 12.0. The van der Waals surface area contributed by atoms with Crippen molar-refractivity contribution < 1.29 is 18.3 Å². The number of anilines is 1. The summed E-state index contributed by atoms with van der Waals surface area (Å²) in [4.78, 5) is 16.4. The van der Waals surface area contributed by atoms with Crippen molar-refractivity contribution >= 4 is 21.6 Å². The van der Waals surface area contributed by atoms with Crippen LogP contribution >= 0.6 is 0 Å². The molecule has 45 heavy (non-hydrogen) atoms. The molecule has 3 aromatic rings. The van der Waals surface area contributed by atoms with Crippen molar-refractivity contribution in [3.05, 3.63) is 72.4 Å². The molecule has 10 nitrogen and oxygen atoms in total. The summed E-state index contributed by atoms with van der Waals surface area (Å²) >= 11 is 0. The molecule has 6 rings (SSSR count). The highest BCUT2D eigenvalue weighted by molar-refractivity contribution is 7.91. The number of nitrogens with one attached hydrogen (secondary N) is 1. The first-order valence-electron chi connectivity index (χ1n) is 16.0. The second kappa shape index (κ2) is 12.9. The number of sulfone groups is 1. The smallest absolute Gasteiger partial charge is 0.404 e. The SMILES string of the molecule is Cn1ccc(S(=O)(=O)c2ccc(N3CC(CN4CCC(C(C#N)(c5ccccc5)[C@@H]5CCC[C@@H]5CNC(=O)O)CC4)C3)cc2)n1. The molecule has 3 heterocycles. The average Bonchev–Trinajstić information content (AvgIpc) is 3.69. The number of nitriles is 1. The number of hydrogen-bond donors (Lipinski definition) is 2. The number of aryl methyl sites for hydroxylation is 1. The van der Waals surface area contributed by atoms with Gasteiger partial charge in [-0.1, -0.05) is 36.8 Å². The quantitative estimate of drug-likeness (QED) is 0.334. The number of hydrogen-bond acceptors (Lipinski definition) is 7. The summed E-state index contributed by atoms with van der Waals surface area (Å²) in [7, 11) is -1.93. The number of nitrogens with zero attached hydrogens (tertiary/aromatic N) is 5. The van der Waals surface area contributed by atoms with Gasteiger partial charge in [0.05, 0.1) is 16.4 Å². The zero-order valence-corrected chi connectivity index (χ0v) is 26.6. The summed E-state index contributed by atoms with van der Waals surface area (Å²) in [6.07, 6.45) is 5.43. The molecule has 2 saturated heterocycles. The fourth-order valence-corrected chi connectivity index (χ4v) is 9.34. The minimum Gasteiger partial charge on any atom is -0.465 e. The van der Waals surface area contributed by atoms with E-state index in [1.807, 2.05) is 30.3 Å². The minimum absolute atomic E-state index is 0.0552.